The fraction of sp³-hybridized carbons (Fsp3) is 0.750. The van der Waals surface area contributed by atoms with Gasteiger partial charge in [0.1, 0.15) is 5.82 Å². The Balaban J connectivity index is 3.34. The molecular weight excluding hydrogens is 238 g/mol. The van der Waals surface area contributed by atoms with Gasteiger partial charge in [-0.25, -0.2) is 8.42 Å². The molecule has 1 aromatic rings. The van der Waals surface area contributed by atoms with E-state index < -0.39 is 9.05 Å². The summed E-state index contributed by atoms with van der Waals surface area (Å²) >= 11 is 0. The Kier molecular flexibility index (Phi) is 3.11. The van der Waals surface area contributed by atoms with E-state index >= 15 is 0 Å². The molecule has 0 N–H and O–H groups in total. The molecule has 0 aliphatic heterocycles. The maximum Gasteiger partial charge on any atom is 0.296 e. The van der Waals surface area contributed by atoms with E-state index in [0.717, 1.165) is 6.42 Å². The average molecular weight is 252 g/mol. The summed E-state index contributed by atoms with van der Waals surface area (Å²) in [6.45, 7) is 5.95. The number of hydrogen-bond donors (Lipinski definition) is 0. The largest absolute Gasteiger partial charge is 0.304 e. The third kappa shape index (κ3) is 2.31. The van der Waals surface area contributed by atoms with E-state index in [0.29, 0.717) is 5.82 Å². The molecule has 0 atom stereocenters. The Labute approximate surface area is 93.9 Å². The van der Waals surface area contributed by atoms with Crippen molar-refractivity contribution in [2.24, 2.45) is 7.05 Å². The topological polar surface area (TPSA) is 64.8 Å². The van der Waals surface area contributed by atoms with Crippen molar-refractivity contribution in [3.63, 3.8) is 0 Å². The van der Waals surface area contributed by atoms with E-state index in [2.05, 4.69) is 10.2 Å². The average Bonchev–Trinajstić information content (AvgIpc) is 2.46. The zero-order valence-corrected chi connectivity index (χ0v) is 10.7. The van der Waals surface area contributed by atoms with Gasteiger partial charge in [-0.1, -0.05) is 20.8 Å². The van der Waals surface area contributed by atoms with Gasteiger partial charge in [0.15, 0.2) is 0 Å². The van der Waals surface area contributed by atoms with E-state index in [1.165, 1.54) is 4.57 Å². The van der Waals surface area contributed by atoms with Crippen LogP contribution >= 0.6 is 10.7 Å². The number of hydrogen-bond acceptors (Lipinski definition) is 4. The SMILES string of the molecule is CCC(C)(C)c1nnc(S(=O)(=O)Cl)n1C. The van der Waals surface area contributed by atoms with Gasteiger partial charge in [-0.15, -0.1) is 10.2 Å². The Bertz CT molecular complexity index is 464. The zero-order valence-electron chi connectivity index (χ0n) is 9.15. The first kappa shape index (κ1) is 12.4. The molecule has 0 bridgehead atoms. The maximum atomic E-state index is 11.1. The molecule has 0 aliphatic carbocycles. The quantitative estimate of drug-likeness (QED) is 0.763. The lowest BCUT2D eigenvalue weighted by Gasteiger charge is -2.20. The lowest BCUT2D eigenvalue weighted by Crippen LogP contribution is -2.21. The maximum absolute atomic E-state index is 11.1. The van der Waals surface area contributed by atoms with E-state index in [1.54, 1.807) is 7.05 Å². The first-order valence-electron chi connectivity index (χ1n) is 4.54. The van der Waals surface area contributed by atoms with Gasteiger partial charge < -0.3 is 4.57 Å². The van der Waals surface area contributed by atoms with E-state index in [-0.39, 0.29) is 10.6 Å². The van der Waals surface area contributed by atoms with Crippen molar-refractivity contribution in [2.75, 3.05) is 0 Å². The number of rotatable bonds is 3. The van der Waals surface area contributed by atoms with Crippen LogP contribution in [0.1, 0.15) is 33.0 Å². The summed E-state index contributed by atoms with van der Waals surface area (Å²) in [7, 11) is 3.00. The van der Waals surface area contributed by atoms with Crippen LogP contribution < -0.4 is 0 Å². The highest BCUT2D eigenvalue weighted by Crippen LogP contribution is 2.26. The van der Waals surface area contributed by atoms with Crippen molar-refractivity contribution in [2.45, 2.75) is 37.8 Å². The van der Waals surface area contributed by atoms with Crippen LogP contribution in [0.3, 0.4) is 0 Å². The van der Waals surface area contributed by atoms with Gasteiger partial charge in [-0.05, 0) is 6.42 Å². The van der Waals surface area contributed by atoms with Gasteiger partial charge in [0.25, 0.3) is 14.2 Å². The van der Waals surface area contributed by atoms with Gasteiger partial charge in [-0.3, -0.25) is 0 Å². The number of nitrogens with zero attached hydrogens (tertiary/aromatic N) is 3. The molecule has 5 nitrogen and oxygen atoms in total. The number of halogens is 1. The van der Waals surface area contributed by atoms with Crippen molar-refractivity contribution in [1.29, 1.82) is 0 Å². The van der Waals surface area contributed by atoms with Gasteiger partial charge in [0.05, 0.1) is 0 Å². The van der Waals surface area contributed by atoms with Crippen LogP contribution in [0.15, 0.2) is 5.16 Å². The van der Waals surface area contributed by atoms with E-state index in [4.69, 9.17) is 10.7 Å². The second-order valence-electron chi connectivity index (χ2n) is 4.04. The van der Waals surface area contributed by atoms with E-state index in [9.17, 15) is 8.42 Å². The highest BCUT2D eigenvalue weighted by molar-refractivity contribution is 8.13. The van der Waals surface area contributed by atoms with Crippen LogP contribution in [-0.4, -0.2) is 23.2 Å². The molecule has 0 radical (unpaired) electrons. The van der Waals surface area contributed by atoms with Crippen LogP contribution in [0.5, 0.6) is 0 Å². The minimum Gasteiger partial charge on any atom is -0.304 e. The molecule has 0 aliphatic rings. The lowest BCUT2D eigenvalue weighted by molar-refractivity contribution is 0.450. The van der Waals surface area contributed by atoms with Gasteiger partial charge >= 0.3 is 0 Å². The molecule has 0 unspecified atom stereocenters. The summed E-state index contributed by atoms with van der Waals surface area (Å²) in [5.74, 6) is 0.615. The highest BCUT2D eigenvalue weighted by Gasteiger charge is 2.28. The first-order valence-corrected chi connectivity index (χ1v) is 6.85. The summed E-state index contributed by atoms with van der Waals surface area (Å²) in [4.78, 5) is 0. The first-order chi connectivity index (χ1) is 6.70. The highest BCUT2D eigenvalue weighted by atomic mass is 35.7. The van der Waals surface area contributed by atoms with Crippen molar-refractivity contribution < 1.29 is 8.42 Å². The molecule has 15 heavy (non-hydrogen) atoms. The molecule has 1 rings (SSSR count). The lowest BCUT2D eigenvalue weighted by atomic mass is 9.89. The molecular formula is C8H14ClN3O2S. The predicted molar refractivity (Wildman–Crippen MR) is 57.4 cm³/mol. The van der Waals surface area contributed by atoms with E-state index in [1.807, 2.05) is 20.8 Å². The summed E-state index contributed by atoms with van der Waals surface area (Å²) < 4.78 is 23.7. The third-order valence-electron chi connectivity index (χ3n) is 2.54. The van der Waals surface area contributed by atoms with Crippen molar-refractivity contribution in [1.82, 2.24) is 14.8 Å². The molecule has 1 heterocycles. The summed E-state index contributed by atoms with van der Waals surface area (Å²) in [5.41, 5.74) is -0.221. The molecule has 0 saturated heterocycles. The van der Waals surface area contributed by atoms with Gasteiger partial charge in [-0.2, -0.15) is 0 Å². The molecule has 86 valence electrons. The zero-order chi connectivity index (χ0) is 11.9. The minimum absolute atomic E-state index is 0.208. The minimum atomic E-state index is -3.82. The Hall–Kier alpha value is -0.620. The van der Waals surface area contributed by atoms with Crippen molar-refractivity contribution in [3.05, 3.63) is 5.82 Å². The second kappa shape index (κ2) is 3.75. The third-order valence-corrected chi connectivity index (χ3v) is 3.75. The van der Waals surface area contributed by atoms with Gasteiger partial charge in [0, 0.05) is 23.1 Å². The smallest absolute Gasteiger partial charge is 0.296 e. The summed E-state index contributed by atoms with van der Waals surface area (Å²) in [6.07, 6.45) is 0.835. The summed E-state index contributed by atoms with van der Waals surface area (Å²) in [5, 5.41) is 7.26. The Morgan fingerprint density at radius 1 is 1.40 bits per heavy atom. The molecule has 0 aromatic carbocycles. The van der Waals surface area contributed by atoms with Crippen LogP contribution in [0.25, 0.3) is 0 Å². The number of aromatic nitrogens is 3. The van der Waals surface area contributed by atoms with Gasteiger partial charge in [0.2, 0.25) is 0 Å². The fourth-order valence-electron chi connectivity index (χ4n) is 1.27. The Morgan fingerprint density at radius 2 is 1.93 bits per heavy atom. The van der Waals surface area contributed by atoms with Crippen LogP contribution in [-0.2, 0) is 21.5 Å². The molecule has 0 fully saturated rings. The fourth-order valence-corrected chi connectivity index (χ4v) is 2.23. The van der Waals surface area contributed by atoms with Crippen molar-refractivity contribution >= 4 is 19.7 Å². The molecule has 7 heteroatoms. The molecule has 0 spiro atoms. The normalized spacial score (nSPS) is 13.1. The molecule has 1 aromatic heterocycles. The molecule has 0 saturated carbocycles. The summed E-state index contributed by atoms with van der Waals surface area (Å²) in [6, 6.07) is 0. The van der Waals surface area contributed by atoms with Crippen molar-refractivity contribution in [3.8, 4) is 0 Å². The monoisotopic (exact) mass is 251 g/mol. The standard InChI is InChI=1S/C8H14ClN3O2S/c1-5-8(2,3)6-10-11-7(12(6)4)15(9,13)14/h5H2,1-4H3. The van der Waals surface area contributed by atoms with Crippen LogP contribution in [0.4, 0.5) is 0 Å². The Morgan fingerprint density at radius 3 is 2.27 bits per heavy atom. The predicted octanol–water partition coefficient (Wildman–Crippen LogP) is 1.43. The molecule has 0 amide bonds. The second-order valence-corrected chi connectivity index (χ2v) is 6.50. The van der Waals surface area contributed by atoms with Crippen LogP contribution in [0, 0.1) is 0 Å². The van der Waals surface area contributed by atoms with Crippen LogP contribution in [0.2, 0.25) is 0 Å².